The predicted molar refractivity (Wildman–Crippen MR) is 69.9 cm³/mol. The average Bonchev–Trinajstić information content (AvgIpc) is 2.40. The Balaban J connectivity index is 2.28. The first-order valence-electron chi connectivity index (χ1n) is 5.65. The average molecular weight is 317 g/mol. The molecule has 0 bridgehead atoms. The van der Waals surface area contributed by atoms with E-state index in [2.05, 4.69) is 0 Å². The highest BCUT2D eigenvalue weighted by atomic mass is 35.5. The summed E-state index contributed by atoms with van der Waals surface area (Å²) in [5, 5.41) is 8.78. The summed E-state index contributed by atoms with van der Waals surface area (Å²) >= 11 is 5.84. The van der Waals surface area contributed by atoms with Crippen molar-refractivity contribution in [1.29, 1.82) is 0 Å². The van der Waals surface area contributed by atoms with Gasteiger partial charge in [0.15, 0.2) is 0 Å². The molecule has 21 heavy (non-hydrogen) atoms. The molecular formula is C14H8ClF3O3. The minimum Gasteiger partial charge on any atom is -0.478 e. The van der Waals surface area contributed by atoms with E-state index in [1.54, 1.807) is 0 Å². The number of benzene rings is 2. The first-order valence-corrected chi connectivity index (χ1v) is 6.03. The maximum Gasteiger partial charge on any atom is 0.416 e. The van der Waals surface area contributed by atoms with Gasteiger partial charge in [-0.25, -0.2) is 4.79 Å². The van der Waals surface area contributed by atoms with E-state index in [0.29, 0.717) is 0 Å². The summed E-state index contributed by atoms with van der Waals surface area (Å²) in [6.45, 7) is 0. The number of hydrogen-bond donors (Lipinski definition) is 1. The summed E-state index contributed by atoms with van der Waals surface area (Å²) in [4.78, 5) is 10.8. The van der Waals surface area contributed by atoms with E-state index in [-0.39, 0.29) is 22.1 Å². The maximum absolute atomic E-state index is 12.6. The zero-order valence-corrected chi connectivity index (χ0v) is 11.1. The summed E-state index contributed by atoms with van der Waals surface area (Å²) in [7, 11) is 0. The molecular weight excluding hydrogens is 309 g/mol. The SMILES string of the molecule is O=C(O)c1ccc(Oc2cccc(C(F)(F)F)c2)c(Cl)c1. The Morgan fingerprint density at radius 3 is 2.43 bits per heavy atom. The number of aromatic carboxylic acids is 1. The molecule has 0 atom stereocenters. The van der Waals surface area contributed by atoms with Crippen LogP contribution in [0.3, 0.4) is 0 Å². The number of carbonyl (C=O) groups is 1. The molecule has 0 aliphatic rings. The van der Waals surface area contributed by atoms with E-state index in [0.717, 1.165) is 18.2 Å². The molecule has 0 aliphatic heterocycles. The van der Waals surface area contributed by atoms with Crippen LogP contribution in [-0.4, -0.2) is 11.1 Å². The smallest absolute Gasteiger partial charge is 0.416 e. The van der Waals surface area contributed by atoms with Gasteiger partial charge < -0.3 is 9.84 Å². The Bertz CT molecular complexity index is 683. The molecule has 3 nitrogen and oxygen atoms in total. The van der Waals surface area contributed by atoms with Crippen LogP contribution < -0.4 is 4.74 Å². The van der Waals surface area contributed by atoms with Crippen molar-refractivity contribution in [2.75, 3.05) is 0 Å². The third-order valence-corrected chi connectivity index (χ3v) is 2.86. The van der Waals surface area contributed by atoms with Crippen molar-refractivity contribution in [3.8, 4) is 11.5 Å². The molecule has 2 aromatic rings. The summed E-state index contributed by atoms with van der Waals surface area (Å²) < 4.78 is 43.0. The lowest BCUT2D eigenvalue weighted by Crippen LogP contribution is -2.04. The quantitative estimate of drug-likeness (QED) is 0.880. The van der Waals surface area contributed by atoms with Gasteiger partial charge in [-0.15, -0.1) is 0 Å². The summed E-state index contributed by atoms with van der Waals surface area (Å²) in [5.41, 5.74) is -0.894. The molecule has 0 heterocycles. The minimum atomic E-state index is -4.48. The van der Waals surface area contributed by atoms with Crippen LogP contribution in [0.25, 0.3) is 0 Å². The van der Waals surface area contributed by atoms with Gasteiger partial charge in [0.05, 0.1) is 16.1 Å². The van der Waals surface area contributed by atoms with Gasteiger partial charge in [-0.1, -0.05) is 17.7 Å². The van der Waals surface area contributed by atoms with Crippen LogP contribution in [0.5, 0.6) is 11.5 Å². The molecule has 0 unspecified atom stereocenters. The van der Waals surface area contributed by atoms with Crippen molar-refractivity contribution in [3.63, 3.8) is 0 Å². The number of hydrogen-bond acceptors (Lipinski definition) is 2. The van der Waals surface area contributed by atoms with Crippen molar-refractivity contribution in [3.05, 3.63) is 58.6 Å². The van der Waals surface area contributed by atoms with Gasteiger partial charge in [-0.2, -0.15) is 13.2 Å². The second-order valence-corrected chi connectivity index (χ2v) is 4.49. The first-order chi connectivity index (χ1) is 9.77. The highest BCUT2D eigenvalue weighted by molar-refractivity contribution is 6.32. The molecule has 7 heteroatoms. The van der Waals surface area contributed by atoms with Gasteiger partial charge in [0.2, 0.25) is 0 Å². The lowest BCUT2D eigenvalue weighted by atomic mass is 10.2. The molecule has 0 aromatic heterocycles. The van der Waals surface area contributed by atoms with Crippen molar-refractivity contribution < 1.29 is 27.8 Å². The fourth-order valence-corrected chi connectivity index (χ4v) is 1.80. The van der Waals surface area contributed by atoms with Crippen molar-refractivity contribution in [2.45, 2.75) is 6.18 Å². The molecule has 1 N–H and O–H groups in total. The zero-order valence-electron chi connectivity index (χ0n) is 10.3. The Morgan fingerprint density at radius 2 is 1.86 bits per heavy atom. The Labute approximate surface area is 122 Å². The largest absolute Gasteiger partial charge is 0.478 e. The lowest BCUT2D eigenvalue weighted by Gasteiger charge is -2.11. The first kappa shape index (κ1) is 15.2. The van der Waals surface area contributed by atoms with Crippen molar-refractivity contribution in [1.82, 2.24) is 0 Å². The molecule has 2 aromatic carbocycles. The molecule has 0 amide bonds. The Morgan fingerprint density at radius 1 is 1.14 bits per heavy atom. The summed E-state index contributed by atoms with van der Waals surface area (Å²) in [6.07, 6.45) is -4.48. The number of rotatable bonds is 3. The fourth-order valence-electron chi connectivity index (χ4n) is 1.58. The predicted octanol–water partition coefficient (Wildman–Crippen LogP) is 4.85. The maximum atomic E-state index is 12.6. The monoisotopic (exact) mass is 316 g/mol. The van der Waals surface area contributed by atoms with Gasteiger partial charge in [-0.3, -0.25) is 0 Å². The van der Waals surface area contributed by atoms with Crippen molar-refractivity contribution in [2.24, 2.45) is 0 Å². The van der Waals surface area contributed by atoms with E-state index in [9.17, 15) is 18.0 Å². The van der Waals surface area contributed by atoms with Gasteiger partial charge >= 0.3 is 12.1 Å². The topological polar surface area (TPSA) is 46.5 Å². The molecule has 0 spiro atoms. The second-order valence-electron chi connectivity index (χ2n) is 4.08. The minimum absolute atomic E-state index is 0.00712. The number of halogens is 4. The molecule has 0 saturated carbocycles. The van der Waals surface area contributed by atoms with Crippen LogP contribution in [0.1, 0.15) is 15.9 Å². The third-order valence-electron chi connectivity index (χ3n) is 2.57. The van der Waals surface area contributed by atoms with Crippen LogP contribution in [0, 0.1) is 0 Å². The van der Waals surface area contributed by atoms with E-state index < -0.39 is 17.7 Å². The number of ether oxygens (including phenoxy) is 1. The van der Waals surface area contributed by atoms with Gasteiger partial charge in [0.25, 0.3) is 0 Å². The highest BCUT2D eigenvalue weighted by Gasteiger charge is 2.30. The summed E-state index contributed by atoms with van der Waals surface area (Å²) in [5.74, 6) is -1.14. The summed E-state index contributed by atoms with van der Waals surface area (Å²) in [6, 6.07) is 7.99. The van der Waals surface area contributed by atoms with Gasteiger partial charge in [-0.05, 0) is 36.4 Å². The van der Waals surface area contributed by atoms with Gasteiger partial charge in [0.1, 0.15) is 11.5 Å². The molecule has 0 radical (unpaired) electrons. The highest BCUT2D eigenvalue weighted by Crippen LogP contribution is 2.34. The Kier molecular flexibility index (Phi) is 4.09. The van der Waals surface area contributed by atoms with Crippen LogP contribution in [0.2, 0.25) is 5.02 Å². The standard InChI is InChI=1S/C14H8ClF3O3/c15-11-6-8(13(19)20)4-5-12(11)21-10-3-1-2-9(7-10)14(16,17)18/h1-7H,(H,19,20). The number of alkyl halides is 3. The number of carboxylic acids is 1. The normalized spacial score (nSPS) is 11.2. The second kappa shape index (κ2) is 5.65. The zero-order chi connectivity index (χ0) is 15.6. The van der Waals surface area contributed by atoms with Crippen molar-refractivity contribution >= 4 is 17.6 Å². The van der Waals surface area contributed by atoms with E-state index in [4.69, 9.17) is 21.4 Å². The third kappa shape index (κ3) is 3.66. The van der Waals surface area contributed by atoms with Crippen LogP contribution in [0.4, 0.5) is 13.2 Å². The Hall–Kier alpha value is -2.21. The molecule has 0 saturated heterocycles. The number of carboxylic acid groups (broad SMARTS) is 1. The fraction of sp³-hybridized carbons (Fsp3) is 0.0714. The van der Waals surface area contributed by atoms with Gasteiger partial charge in [0, 0.05) is 0 Å². The molecule has 0 fully saturated rings. The molecule has 110 valence electrons. The van der Waals surface area contributed by atoms with E-state index >= 15 is 0 Å². The lowest BCUT2D eigenvalue weighted by molar-refractivity contribution is -0.137. The van der Waals surface area contributed by atoms with Crippen LogP contribution in [0.15, 0.2) is 42.5 Å². The van der Waals surface area contributed by atoms with Crippen LogP contribution >= 0.6 is 11.6 Å². The van der Waals surface area contributed by atoms with E-state index in [1.807, 2.05) is 0 Å². The molecule has 0 aliphatic carbocycles. The molecule has 2 rings (SSSR count). The van der Waals surface area contributed by atoms with Crippen LogP contribution in [-0.2, 0) is 6.18 Å². The van der Waals surface area contributed by atoms with E-state index in [1.165, 1.54) is 24.3 Å².